The van der Waals surface area contributed by atoms with Gasteiger partial charge in [0.2, 0.25) is 5.91 Å². The van der Waals surface area contributed by atoms with Crippen LogP contribution in [0, 0.1) is 0 Å². The van der Waals surface area contributed by atoms with E-state index in [-0.39, 0.29) is 29.9 Å². The Bertz CT molecular complexity index is 1000. The number of halogens is 1. The van der Waals surface area contributed by atoms with Crippen LogP contribution in [0.15, 0.2) is 48.5 Å². The van der Waals surface area contributed by atoms with Gasteiger partial charge in [-0.3, -0.25) is 14.4 Å². The molecule has 2 amide bonds. The molecule has 32 heavy (non-hydrogen) atoms. The molecule has 1 atom stereocenters. The van der Waals surface area contributed by atoms with Gasteiger partial charge in [0.15, 0.2) is 5.78 Å². The number of hydrogen-bond acceptors (Lipinski definition) is 5. The number of carbonyl (C=O) groups is 4. The first kappa shape index (κ1) is 24.9. The maximum Gasteiger partial charge on any atom is 0.408 e. The molecule has 0 aliphatic carbocycles. The number of amides is 2. The molecule has 2 rings (SSSR count). The zero-order chi connectivity index (χ0) is 23.9. The highest BCUT2D eigenvalue weighted by Crippen LogP contribution is 2.24. The van der Waals surface area contributed by atoms with Gasteiger partial charge in [-0.2, -0.15) is 0 Å². The lowest BCUT2D eigenvalue weighted by molar-refractivity contribution is -0.137. The summed E-state index contributed by atoms with van der Waals surface area (Å²) in [6.45, 7) is 4.98. The second-order valence-electron chi connectivity index (χ2n) is 8.01. The Morgan fingerprint density at radius 3 is 2.31 bits per heavy atom. The van der Waals surface area contributed by atoms with Crippen molar-refractivity contribution in [3.05, 3.63) is 64.7 Å². The van der Waals surface area contributed by atoms with Crippen molar-refractivity contribution in [3.8, 4) is 0 Å². The molecule has 0 saturated heterocycles. The van der Waals surface area contributed by atoms with Gasteiger partial charge in [0.05, 0.1) is 5.69 Å². The molecule has 0 aliphatic rings. The molecular weight excluding hydrogens is 436 g/mol. The van der Waals surface area contributed by atoms with Crippen LogP contribution in [-0.4, -0.2) is 40.5 Å². The maximum atomic E-state index is 12.9. The minimum atomic E-state index is -1.20. The van der Waals surface area contributed by atoms with Crippen molar-refractivity contribution in [1.29, 1.82) is 0 Å². The monoisotopic (exact) mass is 460 g/mol. The summed E-state index contributed by atoms with van der Waals surface area (Å²) in [6, 6.07) is 11.7. The molecule has 0 bridgehead atoms. The summed E-state index contributed by atoms with van der Waals surface area (Å²) in [5, 5.41) is 14.3. The first-order valence-corrected chi connectivity index (χ1v) is 10.3. The average molecular weight is 461 g/mol. The van der Waals surface area contributed by atoms with E-state index in [1.807, 2.05) is 0 Å². The van der Waals surface area contributed by atoms with Gasteiger partial charge >= 0.3 is 12.1 Å². The zero-order valence-electron chi connectivity index (χ0n) is 18.0. The van der Waals surface area contributed by atoms with Crippen molar-refractivity contribution in [3.63, 3.8) is 0 Å². The number of nitrogens with one attached hydrogen (secondary N) is 2. The van der Waals surface area contributed by atoms with E-state index < -0.39 is 29.6 Å². The van der Waals surface area contributed by atoms with Crippen LogP contribution in [-0.2, 0) is 14.3 Å². The zero-order valence-corrected chi connectivity index (χ0v) is 18.7. The molecule has 9 heteroatoms. The molecule has 0 fully saturated rings. The number of ketones is 1. The van der Waals surface area contributed by atoms with E-state index in [9.17, 15) is 19.2 Å². The molecule has 170 valence electrons. The van der Waals surface area contributed by atoms with Crippen molar-refractivity contribution in [1.82, 2.24) is 5.32 Å². The lowest BCUT2D eigenvalue weighted by atomic mass is 10.0. The van der Waals surface area contributed by atoms with E-state index in [4.69, 9.17) is 21.4 Å². The Morgan fingerprint density at radius 1 is 1.06 bits per heavy atom. The number of anilines is 1. The van der Waals surface area contributed by atoms with Crippen molar-refractivity contribution in [2.45, 2.75) is 45.3 Å². The fourth-order valence-electron chi connectivity index (χ4n) is 2.76. The summed E-state index contributed by atoms with van der Waals surface area (Å²) in [7, 11) is 0. The van der Waals surface area contributed by atoms with Crippen molar-refractivity contribution in [2.24, 2.45) is 0 Å². The van der Waals surface area contributed by atoms with Gasteiger partial charge in [-0.15, -0.1) is 0 Å². The highest BCUT2D eigenvalue weighted by Gasteiger charge is 2.26. The molecule has 8 nitrogen and oxygen atoms in total. The van der Waals surface area contributed by atoms with Crippen LogP contribution in [0.4, 0.5) is 10.5 Å². The molecule has 0 aliphatic heterocycles. The molecule has 0 radical (unpaired) electrons. The molecule has 2 aromatic rings. The van der Waals surface area contributed by atoms with E-state index in [1.165, 1.54) is 18.2 Å². The fraction of sp³-hybridized carbons (Fsp3) is 0.304. The largest absolute Gasteiger partial charge is 0.481 e. The standard InChI is InChI=1S/C23H25ClN2O6/c1-23(2,3)32-22(31)26-18(11-12-19(27)28)21(30)25-17-10-9-15(24)13-16(17)20(29)14-7-5-4-6-8-14/h4-10,13,18H,11-12H2,1-3H3,(H,25,30)(H,26,31)(H,27,28)/t18-/m0/s1. The minimum Gasteiger partial charge on any atom is -0.481 e. The van der Waals surface area contributed by atoms with Crippen molar-refractivity contribution >= 4 is 41.0 Å². The van der Waals surface area contributed by atoms with Gasteiger partial charge in [-0.05, 0) is 45.4 Å². The molecule has 0 aromatic heterocycles. The van der Waals surface area contributed by atoms with Crippen LogP contribution in [0.25, 0.3) is 0 Å². The molecule has 0 heterocycles. The number of ether oxygens (including phenoxy) is 1. The molecule has 0 unspecified atom stereocenters. The summed E-state index contributed by atoms with van der Waals surface area (Å²) < 4.78 is 5.16. The number of benzene rings is 2. The van der Waals surface area contributed by atoms with E-state index in [1.54, 1.807) is 51.1 Å². The van der Waals surface area contributed by atoms with Gasteiger partial charge < -0.3 is 20.5 Å². The first-order valence-electron chi connectivity index (χ1n) is 9.88. The number of carboxylic acid groups (broad SMARTS) is 1. The van der Waals surface area contributed by atoms with Crippen LogP contribution in [0.3, 0.4) is 0 Å². The number of carbonyl (C=O) groups excluding carboxylic acids is 3. The number of hydrogen-bond donors (Lipinski definition) is 3. The van der Waals surface area contributed by atoms with Gasteiger partial charge in [0.1, 0.15) is 11.6 Å². The topological polar surface area (TPSA) is 122 Å². The normalized spacial score (nSPS) is 11.9. The number of carboxylic acids is 1. The summed E-state index contributed by atoms with van der Waals surface area (Å²) >= 11 is 6.06. The first-order chi connectivity index (χ1) is 15.0. The van der Waals surface area contributed by atoms with Crippen LogP contribution in [0.5, 0.6) is 0 Å². The molecule has 0 saturated carbocycles. The predicted octanol–water partition coefficient (Wildman–Crippen LogP) is 4.27. The van der Waals surface area contributed by atoms with Crippen LogP contribution >= 0.6 is 11.6 Å². The lowest BCUT2D eigenvalue weighted by Gasteiger charge is -2.23. The second-order valence-corrected chi connectivity index (χ2v) is 8.44. The predicted molar refractivity (Wildman–Crippen MR) is 120 cm³/mol. The molecule has 2 aromatic carbocycles. The van der Waals surface area contributed by atoms with Gasteiger partial charge in [0, 0.05) is 22.6 Å². The quantitative estimate of drug-likeness (QED) is 0.506. The van der Waals surface area contributed by atoms with E-state index in [2.05, 4.69) is 10.6 Å². The number of alkyl carbamates (subject to hydrolysis) is 1. The fourth-order valence-corrected chi connectivity index (χ4v) is 2.94. The van der Waals surface area contributed by atoms with E-state index in [0.717, 1.165) is 0 Å². The Balaban J connectivity index is 2.27. The number of rotatable bonds is 8. The minimum absolute atomic E-state index is 0.159. The lowest BCUT2D eigenvalue weighted by Crippen LogP contribution is -2.46. The SMILES string of the molecule is CC(C)(C)OC(=O)N[C@@H](CCC(=O)O)C(=O)Nc1ccc(Cl)cc1C(=O)c1ccccc1. The van der Waals surface area contributed by atoms with E-state index >= 15 is 0 Å². The Labute approximate surface area is 190 Å². The molecule has 0 spiro atoms. The summed E-state index contributed by atoms with van der Waals surface area (Å²) in [6.07, 6.45) is -1.39. The maximum absolute atomic E-state index is 12.9. The van der Waals surface area contributed by atoms with Gasteiger partial charge in [-0.1, -0.05) is 41.9 Å². The average Bonchev–Trinajstić information content (AvgIpc) is 2.71. The van der Waals surface area contributed by atoms with Crippen LogP contribution in [0.1, 0.15) is 49.5 Å². The van der Waals surface area contributed by atoms with Crippen LogP contribution in [0.2, 0.25) is 5.02 Å². The Kier molecular flexibility index (Phi) is 8.37. The summed E-state index contributed by atoms with van der Waals surface area (Å²) in [5.41, 5.74) is -0.0611. The smallest absolute Gasteiger partial charge is 0.408 e. The third kappa shape index (κ3) is 7.70. The number of aliphatic carboxylic acids is 1. The molecular formula is C23H25ClN2O6. The van der Waals surface area contributed by atoms with Crippen molar-refractivity contribution in [2.75, 3.05) is 5.32 Å². The van der Waals surface area contributed by atoms with Crippen LogP contribution < -0.4 is 10.6 Å². The molecule has 3 N–H and O–H groups in total. The highest BCUT2D eigenvalue weighted by molar-refractivity contribution is 6.31. The van der Waals surface area contributed by atoms with Gasteiger partial charge in [0.25, 0.3) is 0 Å². The van der Waals surface area contributed by atoms with E-state index in [0.29, 0.717) is 10.6 Å². The van der Waals surface area contributed by atoms with Crippen molar-refractivity contribution < 1.29 is 29.0 Å². The summed E-state index contributed by atoms with van der Waals surface area (Å²) in [4.78, 5) is 49.0. The van der Waals surface area contributed by atoms with Gasteiger partial charge in [-0.25, -0.2) is 4.79 Å². The summed E-state index contributed by atoms with van der Waals surface area (Å²) in [5.74, 6) is -2.17. The Morgan fingerprint density at radius 2 is 1.72 bits per heavy atom. The Hall–Kier alpha value is -3.39. The second kappa shape index (κ2) is 10.8. The highest BCUT2D eigenvalue weighted by atomic mass is 35.5. The third-order valence-corrected chi connectivity index (χ3v) is 4.41. The third-order valence-electron chi connectivity index (χ3n) is 4.17.